The Kier molecular flexibility index (Phi) is 4.81. The standard InChI is InChI=1S/C12H22N2O4/c1-12(2,3)14-11(16)18-9-5-8(6-9)7-13-10(15)17-4/h8-9H,5-7H2,1-4H3,(H,13,15)(H,14,16). The van der Waals surface area contributed by atoms with Crippen molar-refractivity contribution in [2.75, 3.05) is 13.7 Å². The van der Waals surface area contributed by atoms with Gasteiger partial charge in [-0.25, -0.2) is 9.59 Å². The molecular weight excluding hydrogens is 236 g/mol. The van der Waals surface area contributed by atoms with Crippen LogP contribution >= 0.6 is 0 Å². The maximum Gasteiger partial charge on any atom is 0.407 e. The Morgan fingerprint density at radius 1 is 1.22 bits per heavy atom. The van der Waals surface area contributed by atoms with Crippen LogP contribution in [-0.4, -0.2) is 37.5 Å². The van der Waals surface area contributed by atoms with E-state index in [-0.39, 0.29) is 17.7 Å². The largest absolute Gasteiger partial charge is 0.453 e. The Morgan fingerprint density at radius 3 is 2.33 bits per heavy atom. The van der Waals surface area contributed by atoms with E-state index in [9.17, 15) is 9.59 Å². The summed E-state index contributed by atoms with van der Waals surface area (Å²) in [5.74, 6) is 0.358. The molecule has 1 fully saturated rings. The first-order valence-electron chi connectivity index (χ1n) is 6.11. The second kappa shape index (κ2) is 5.93. The molecule has 0 aromatic rings. The minimum Gasteiger partial charge on any atom is -0.453 e. The molecule has 1 aliphatic carbocycles. The predicted octanol–water partition coefficient (Wildman–Crippen LogP) is 1.65. The minimum absolute atomic E-state index is 0.0446. The molecule has 18 heavy (non-hydrogen) atoms. The van der Waals surface area contributed by atoms with Crippen LogP contribution < -0.4 is 10.6 Å². The topological polar surface area (TPSA) is 76.7 Å². The Balaban J connectivity index is 2.12. The summed E-state index contributed by atoms with van der Waals surface area (Å²) in [5, 5.41) is 5.37. The molecule has 2 N–H and O–H groups in total. The zero-order valence-electron chi connectivity index (χ0n) is 11.4. The molecule has 6 nitrogen and oxygen atoms in total. The first-order valence-corrected chi connectivity index (χ1v) is 6.11. The van der Waals surface area contributed by atoms with Crippen LogP contribution in [0, 0.1) is 5.92 Å². The SMILES string of the molecule is COC(=O)NCC1CC(OC(=O)NC(C)(C)C)C1. The summed E-state index contributed by atoms with van der Waals surface area (Å²) in [6.45, 7) is 6.27. The lowest BCUT2D eigenvalue weighted by atomic mass is 9.82. The lowest BCUT2D eigenvalue weighted by molar-refractivity contribution is 0.0146. The van der Waals surface area contributed by atoms with E-state index in [1.165, 1.54) is 7.11 Å². The number of ether oxygens (including phenoxy) is 2. The van der Waals surface area contributed by atoms with Crippen molar-refractivity contribution in [3.63, 3.8) is 0 Å². The van der Waals surface area contributed by atoms with Gasteiger partial charge in [0, 0.05) is 12.1 Å². The van der Waals surface area contributed by atoms with Gasteiger partial charge in [0.1, 0.15) is 6.10 Å². The van der Waals surface area contributed by atoms with Crippen molar-refractivity contribution in [2.45, 2.75) is 45.3 Å². The van der Waals surface area contributed by atoms with Crippen LogP contribution in [-0.2, 0) is 9.47 Å². The molecule has 0 saturated heterocycles. The highest BCUT2D eigenvalue weighted by Gasteiger charge is 2.32. The van der Waals surface area contributed by atoms with Gasteiger partial charge < -0.3 is 20.1 Å². The lowest BCUT2D eigenvalue weighted by Gasteiger charge is -2.35. The van der Waals surface area contributed by atoms with E-state index in [0.29, 0.717) is 12.5 Å². The van der Waals surface area contributed by atoms with Gasteiger partial charge in [0.25, 0.3) is 0 Å². The number of alkyl carbamates (subject to hydrolysis) is 2. The second-order valence-corrected chi connectivity index (χ2v) is 5.61. The molecule has 1 aliphatic rings. The van der Waals surface area contributed by atoms with Crippen molar-refractivity contribution < 1.29 is 19.1 Å². The second-order valence-electron chi connectivity index (χ2n) is 5.61. The van der Waals surface area contributed by atoms with Gasteiger partial charge >= 0.3 is 12.2 Å². The van der Waals surface area contributed by atoms with Crippen molar-refractivity contribution in [3.05, 3.63) is 0 Å². The van der Waals surface area contributed by atoms with Gasteiger partial charge in [-0.05, 0) is 39.5 Å². The Labute approximate surface area is 107 Å². The fraction of sp³-hybridized carbons (Fsp3) is 0.833. The van der Waals surface area contributed by atoms with Crippen LogP contribution in [0.3, 0.4) is 0 Å². The van der Waals surface area contributed by atoms with Gasteiger partial charge in [-0.2, -0.15) is 0 Å². The van der Waals surface area contributed by atoms with Gasteiger partial charge in [0.2, 0.25) is 0 Å². The number of amides is 2. The maximum absolute atomic E-state index is 11.5. The summed E-state index contributed by atoms with van der Waals surface area (Å²) in [6, 6.07) is 0. The van der Waals surface area contributed by atoms with Gasteiger partial charge in [-0.3, -0.25) is 0 Å². The smallest absolute Gasteiger partial charge is 0.407 e. The van der Waals surface area contributed by atoms with E-state index in [0.717, 1.165) is 12.8 Å². The molecule has 0 aromatic carbocycles. The first-order chi connectivity index (χ1) is 8.30. The first kappa shape index (κ1) is 14.6. The summed E-state index contributed by atoms with van der Waals surface area (Å²) in [6.07, 6.45) is 0.705. The van der Waals surface area contributed by atoms with E-state index in [2.05, 4.69) is 15.4 Å². The van der Waals surface area contributed by atoms with E-state index in [1.54, 1.807) is 0 Å². The third-order valence-corrected chi connectivity index (χ3v) is 2.66. The number of hydrogen-bond acceptors (Lipinski definition) is 4. The number of rotatable bonds is 3. The molecular formula is C12H22N2O4. The highest BCUT2D eigenvalue weighted by Crippen LogP contribution is 2.29. The normalized spacial score (nSPS) is 22.7. The number of methoxy groups -OCH3 is 1. The lowest BCUT2D eigenvalue weighted by Crippen LogP contribution is -2.46. The van der Waals surface area contributed by atoms with Crippen molar-refractivity contribution in [3.8, 4) is 0 Å². The molecule has 1 saturated carbocycles. The molecule has 0 unspecified atom stereocenters. The maximum atomic E-state index is 11.5. The predicted molar refractivity (Wildman–Crippen MR) is 66.3 cm³/mol. The summed E-state index contributed by atoms with van der Waals surface area (Å²) < 4.78 is 9.70. The third-order valence-electron chi connectivity index (χ3n) is 2.66. The van der Waals surface area contributed by atoms with Gasteiger partial charge in [0.05, 0.1) is 7.11 Å². The minimum atomic E-state index is -0.426. The van der Waals surface area contributed by atoms with Crippen LogP contribution in [0.5, 0.6) is 0 Å². The number of carbonyl (C=O) groups is 2. The van der Waals surface area contributed by atoms with E-state index in [4.69, 9.17) is 4.74 Å². The number of hydrogen-bond donors (Lipinski definition) is 2. The molecule has 6 heteroatoms. The van der Waals surface area contributed by atoms with Gasteiger partial charge in [-0.15, -0.1) is 0 Å². The zero-order valence-corrected chi connectivity index (χ0v) is 11.4. The Bertz CT molecular complexity index is 306. The molecule has 2 amide bonds. The zero-order chi connectivity index (χ0) is 13.8. The summed E-state index contributed by atoms with van der Waals surface area (Å²) in [4.78, 5) is 22.3. The molecule has 0 aromatic heterocycles. The van der Waals surface area contributed by atoms with Crippen LogP contribution in [0.1, 0.15) is 33.6 Å². The van der Waals surface area contributed by atoms with Gasteiger partial charge in [-0.1, -0.05) is 0 Å². The molecule has 0 atom stereocenters. The molecule has 0 spiro atoms. The van der Waals surface area contributed by atoms with E-state index < -0.39 is 6.09 Å². The summed E-state index contributed by atoms with van der Waals surface area (Å²) in [5.41, 5.74) is -0.285. The van der Waals surface area contributed by atoms with Crippen LogP contribution in [0.2, 0.25) is 0 Å². The van der Waals surface area contributed by atoms with E-state index >= 15 is 0 Å². The highest BCUT2D eigenvalue weighted by atomic mass is 16.6. The number of nitrogens with one attached hydrogen (secondary N) is 2. The molecule has 0 radical (unpaired) electrons. The fourth-order valence-electron chi connectivity index (χ4n) is 1.72. The van der Waals surface area contributed by atoms with Crippen LogP contribution in [0.25, 0.3) is 0 Å². The Morgan fingerprint density at radius 2 is 1.83 bits per heavy atom. The highest BCUT2D eigenvalue weighted by molar-refractivity contribution is 5.68. The molecule has 0 heterocycles. The average molecular weight is 258 g/mol. The third kappa shape index (κ3) is 5.25. The molecule has 0 bridgehead atoms. The quantitative estimate of drug-likeness (QED) is 0.807. The van der Waals surface area contributed by atoms with Crippen molar-refractivity contribution in [2.24, 2.45) is 5.92 Å². The van der Waals surface area contributed by atoms with E-state index in [1.807, 2.05) is 20.8 Å². The number of carbonyl (C=O) groups excluding carboxylic acids is 2. The van der Waals surface area contributed by atoms with Crippen LogP contribution in [0.4, 0.5) is 9.59 Å². The van der Waals surface area contributed by atoms with Crippen LogP contribution in [0.15, 0.2) is 0 Å². The Hall–Kier alpha value is -1.46. The monoisotopic (exact) mass is 258 g/mol. The summed E-state index contributed by atoms with van der Waals surface area (Å²) in [7, 11) is 1.33. The average Bonchev–Trinajstić information content (AvgIpc) is 2.17. The van der Waals surface area contributed by atoms with Gasteiger partial charge in [0.15, 0.2) is 0 Å². The molecule has 0 aliphatic heterocycles. The van der Waals surface area contributed by atoms with Crippen molar-refractivity contribution >= 4 is 12.2 Å². The van der Waals surface area contributed by atoms with Crippen molar-refractivity contribution in [1.82, 2.24) is 10.6 Å². The van der Waals surface area contributed by atoms with Crippen molar-refractivity contribution in [1.29, 1.82) is 0 Å². The summed E-state index contributed by atoms with van der Waals surface area (Å²) >= 11 is 0. The fourth-order valence-corrected chi connectivity index (χ4v) is 1.72. The molecule has 104 valence electrons. The molecule has 1 rings (SSSR count).